The van der Waals surface area contributed by atoms with Crippen LogP contribution >= 0.6 is 0 Å². The molecular weight excluding hydrogens is 186 g/mol. The molecule has 2 rings (SSSR count). The summed E-state index contributed by atoms with van der Waals surface area (Å²) in [5, 5.41) is 3.36. The number of imidazole rings is 1. The molecule has 0 aliphatic heterocycles. The third-order valence-corrected chi connectivity index (χ3v) is 2.75. The van der Waals surface area contributed by atoms with Crippen molar-refractivity contribution < 1.29 is 0 Å². The monoisotopic (exact) mass is 203 g/mol. The fourth-order valence-corrected chi connectivity index (χ4v) is 1.40. The van der Waals surface area contributed by atoms with Crippen LogP contribution in [0.2, 0.25) is 0 Å². The van der Waals surface area contributed by atoms with E-state index in [2.05, 4.69) is 36.1 Å². The summed E-state index contributed by atoms with van der Waals surface area (Å²) in [5.41, 5.74) is 2.09. The molecule has 80 valence electrons. The van der Waals surface area contributed by atoms with Gasteiger partial charge in [-0.15, -0.1) is 0 Å². The van der Waals surface area contributed by atoms with Crippen LogP contribution in [0.15, 0.2) is 24.3 Å². The molecule has 0 saturated heterocycles. The van der Waals surface area contributed by atoms with Crippen molar-refractivity contribution >= 4 is 17.0 Å². The smallest absolute Gasteiger partial charge is 0.201 e. The van der Waals surface area contributed by atoms with E-state index < -0.39 is 0 Å². The fourth-order valence-electron chi connectivity index (χ4n) is 1.40. The molecule has 1 aromatic heterocycles. The highest BCUT2D eigenvalue weighted by atomic mass is 15.1. The molecule has 2 N–H and O–H groups in total. The van der Waals surface area contributed by atoms with E-state index in [1.807, 2.05) is 24.3 Å². The average Bonchev–Trinajstić information content (AvgIpc) is 2.59. The van der Waals surface area contributed by atoms with Gasteiger partial charge in [0.15, 0.2) is 0 Å². The minimum absolute atomic E-state index is 0.422. The first-order valence-electron chi connectivity index (χ1n) is 5.38. The summed E-state index contributed by atoms with van der Waals surface area (Å²) in [6, 6.07) is 8.48. The minimum atomic E-state index is 0.422. The molecule has 1 atom stereocenters. The molecule has 0 radical (unpaired) electrons. The summed E-state index contributed by atoms with van der Waals surface area (Å²) in [7, 11) is 0. The number of aromatic nitrogens is 2. The number of fused-ring (bicyclic) bond motifs is 1. The lowest BCUT2D eigenvalue weighted by atomic mass is 10.1. The number of rotatable bonds is 3. The molecule has 1 unspecified atom stereocenters. The van der Waals surface area contributed by atoms with Gasteiger partial charge in [0.05, 0.1) is 11.0 Å². The van der Waals surface area contributed by atoms with Crippen LogP contribution < -0.4 is 5.32 Å². The van der Waals surface area contributed by atoms with E-state index >= 15 is 0 Å². The number of hydrogen-bond acceptors (Lipinski definition) is 2. The maximum Gasteiger partial charge on any atom is 0.201 e. The van der Waals surface area contributed by atoms with Gasteiger partial charge in [-0.05, 0) is 25.0 Å². The summed E-state index contributed by atoms with van der Waals surface area (Å²) in [6.45, 7) is 6.55. The van der Waals surface area contributed by atoms with Gasteiger partial charge in [-0.2, -0.15) is 0 Å². The molecule has 0 aliphatic rings. The Morgan fingerprint density at radius 3 is 2.60 bits per heavy atom. The first kappa shape index (κ1) is 10.0. The van der Waals surface area contributed by atoms with Crippen molar-refractivity contribution in [1.29, 1.82) is 0 Å². The van der Waals surface area contributed by atoms with E-state index in [4.69, 9.17) is 0 Å². The molecule has 3 heteroatoms. The summed E-state index contributed by atoms with van der Waals surface area (Å²) in [6.07, 6.45) is 0. The van der Waals surface area contributed by atoms with E-state index in [9.17, 15) is 0 Å². The molecule has 0 amide bonds. The number of benzene rings is 1. The molecule has 3 nitrogen and oxygen atoms in total. The minimum Gasteiger partial charge on any atom is -0.353 e. The summed E-state index contributed by atoms with van der Waals surface area (Å²) < 4.78 is 0. The third-order valence-electron chi connectivity index (χ3n) is 2.75. The highest BCUT2D eigenvalue weighted by Crippen LogP contribution is 2.15. The second-order valence-corrected chi connectivity index (χ2v) is 4.28. The molecule has 1 heterocycles. The molecule has 2 aromatic rings. The molecule has 0 aliphatic carbocycles. The van der Waals surface area contributed by atoms with E-state index in [0.29, 0.717) is 12.0 Å². The number of nitrogens with zero attached hydrogens (tertiary/aromatic N) is 1. The molecular formula is C12H17N3. The Labute approximate surface area is 89.9 Å². The van der Waals surface area contributed by atoms with Crippen molar-refractivity contribution in [2.75, 3.05) is 5.32 Å². The van der Waals surface area contributed by atoms with E-state index in [1.165, 1.54) is 0 Å². The Hall–Kier alpha value is -1.51. The standard InChI is InChI=1S/C12H17N3/c1-8(2)9(3)13-12-14-10-6-4-5-7-11(10)15-12/h4-9H,1-3H3,(H2,13,14,15). The highest BCUT2D eigenvalue weighted by molar-refractivity contribution is 5.77. The quantitative estimate of drug-likeness (QED) is 0.805. The predicted molar refractivity (Wildman–Crippen MR) is 64.0 cm³/mol. The lowest BCUT2D eigenvalue weighted by molar-refractivity contribution is 0.557. The SMILES string of the molecule is CC(C)C(C)Nc1nc2ccccc2[nH]1. The second kappa shape index (κ2) is 3.93. The third kappa shape index (κ3) is 2.12. The van der Waals surface area contributed by atoms with Gasteiger partial charge in [0.2, 0.25) is 5.95 Å². The molecule has 0 spiro atoms. The van der Waals surface area contributed by atoms with Crippen LogP contribution in [0.25, 0.3) is 11.0 Å². The van der Waals surface area contributed by atoms with Gasteiger partial charge in [-0.25, -0.2) is 4.98 Å². The van der Waals surface area contributed by atoms with Gasteiger partial charge < -0.3 is 10.3 Å². The van der Waals surface area contributed by atoms with Crippen LogP contribution in [0.5, 0.6) is 0 Å². The van der Waals surface area contributed by atoms with E-state index in [-0.39, 0.29) is 0 Å². The summed E-state index contributed by atoms with van der Waals surface area (Å²) >= 11 is 0. The lowest BCUT2D eigenvalue weighted by Gasteiger charge is -2.16. The van der Waals surface area contributed by atoms with Gasteiger partial charge in [0.25, 0.3) is 0 Å². The fraction of sp³-hybridized carbons (Fsp3) is 0.417. The van der Waals surface area contributed by atoms with Crippen LogP contribution in [-0.4, -0.2) is 16.0 Å². The number of hydrogen-bond donors (Lipinski definition) is 2. The lowest BCUT2D eigenvalue weighted by Crippen LogP contribution is -2.22. The van der Waals surface area contributed by atoms with Crippen LogP contribution in [0, 0.1) is 5.92 Å². The maximum atomic E-state index is 4.47. The second-order valence-electron chi connectivity index (χ2n) is 4.28. The molecule has 0 fully saturated rings. The Balaban J connectivity index is 2.22. The van der Waals surface area contributed by atoms with Crippen LogP contribution in [0.1, 0.15) is 20.8 Å². The zero-order valence-electron chi connectivity index (χ0n) is 9.41. The van der Waals surface area contributed by atoms with Crippen molar-refractivity contribution in [3.05, 3.63) is 24.3 Å². The number of nitrogens with one attached hydrogen (secondary N) is 2. The van der Waals surface area contributed by atoms with E-state index in [0.717, 1.165) is 17.0 Å². The Morgan fingerprint density at radius 1 is 1.20 bits per heavy atom. The van der Waals surface area contributed by atoms with Crippen molar-refractivity contribution in [2.45, 2.75) is 26.8 Å². The number of aromatic amines is 1. The number of para-hydroxylation sites is 2. The normalized spacial score (nSPS) is 13.3. The summed E-state index contributed by atoms with van der Waals surface area (Å²) in [5.74, 6) is 1.45. The van der Waals surface area contributed by atoms with Gasteiger partial charge in [0, 0.05) is 6.04 Å². The Kier molecular flexibility index (Phi) is 2.62. The highest BCUT2D eigenvalue weighted by Gasteiger charge is 2.08. The molecule has 15 heavy (non-hydrogen) atoms. The average molecular weight is 203 g/mol. The number of anilines is 1. The molecule has 1 aromatic carbocycles. The van der Waals surface area contributed by atoms with E-state index in [1.54, 1.807) is 0 Å². The molecule has 0 saturated carbocycles. The number of H-pyrrole nitrogens is 1. The van der Waals surface area contributed by atoms with Gasteiger partial charge in [-0.1, -0.05) is 26.0 Å². The zero-order valence-corrected chi connectivity index (χ0v) is 9.41. The van der Waals surface area contributed by atoms with Crippen molar-refractivity contribution in [3.8, 4) is 0 Å². The first-order valence-corrected chi connectivity index (χ1v) is 5.38. The summed E-state index contributed by atoms with van der Waals surface area (Å²) in [4.78, 5) is 7.73. The Morgan fingerprint density at radius 2 is 1.93 bits per heavy atom. The van der Waals surface area contributed by atoms with Crippen LogP contribution in [-0.2, 0) is 0 Å². The van der Waals surface area contributed by atoms with Crippen LogP contribution in [0.3, 0.4) is 0 Å². The zero-order chi connectivity index (χ0) is 10.8. The molecule has 0 bridgehead atoms. The van der Waals surface area contributed by atoms with Gasteiger partial charge >= 0.3 is 0 Å². The first-order chi connectivity index (χ1) is 7.16. The van der Waals surface area contributed by atoms with Crippen molar-refractivity contribution in [2.24, 2.45) is 5.92 Å². The van der Waals surface area contributed by atoms with Crippen molar-refractivity contribution in [3.63, 3.8) is 0 Å². The topological polar surface area (TPSA) is 40.7 Å². The largest absolute Gasteiger partial charge is 0.353 e. The van der Waals surface area contributed by atoms with Crippen molar-refractivity contribution in [1.82, 2.24) is 9.97 Å². The van der Waals surface area contributed by atoms with Gasteiger partial charge in [0.1, 0.15) is 0 Å². The Bertz CT molecular complexity index is 412. The van der Waals surface area contributed by atoms with Gasteiger partial charge in [-0.3, -0.25) is 0 Å². The van der Waals surface area contributed by atoms with Crippen LogP contribution in [0.4, 0.5) is 5.95 Å². The predicted octanol–water partition coefficient (Wildman–Crippen LogP) is 3.02. The maximum absolute atomic E-state index is 4.47.